The van der Waals surface area contributed by atoms with E-state index in [-0.39, 0.29) is 22.7 Å². The van der Waals surface area contributed by atoms with E-state index in [1.165, 1.54) is 12.1 Å². The molecule has 1 aromatic heterocycles. The van der Waals surface area contributed by atoms with Crippen LogP contribution in [0.2, 0.25) is 0 Å². The van der Waals surface area contributed by atoms with Gasteiger partial charge in [0.05, 0.1) is 15.8 Å². The summed E-state index contributed by atoms with van der Waals surface area (Å²) in [5.74, 6) is -0.944. The Hall–Kier alpha value is -2.84. The van der Waals surface area contributed by atoms with Crippen molar-refractivity contribution in [3.05, 3.63) is 72.2 Å². The molecule has 1 aliphatic carbocycles. The third-order valence-electron chi connectivity index (χ3n) is 6.77. The van der Waals surface area contributed by atoms with Crippen LogP contribution in [0.3, 0.4) is 0 Å². The molecule has 0 radical (unpaired) electrons. The Morgan fingerprint density at radius 2 is 1.84 bits per heavy atom. The summed E-state index contributed by atoms with van der Waals surface area (Å²) < 4.78 is 42.0. The summed E-state index contributed by atoms with van der Waals surface area (Å²) in [7, 11) is -3.72. The molecule has 2 aromatic carbocycles. The molecular formula is C24H26FN3O3S. The number of hydrogen-bond acceptors (Lipinski definition) is 4. The topological polar surface area (TPSA) is 102 Å². The minimum Gasteiger partial charge on any atom is -0.369 e. The smallest absolute Gasteiger partial charge is 0.240 e. The minimum absolute atomic E-state index is 0.185. The van der Waals surface area contributed by atoms with Gasteiger partial charge in [0.1, 0.15) is 5.82 Å². The number of carbonyl (C=O) groups excluding carboxylic acids is 1. The quantitative estimate of drug-likeness (QED) is 0.589. The zero-order valence-electron chi connectivity index (χ0n) is 17.8. The largest absolute Gasteiger partial charge is 0.369 e. The first-order chi connectivity index (χ1) is 15.2. The summed E-state index contributed by atoms with van der Waals surface area (Å²) in [4.78, 5) is 16.9. The van der Waals surface area contributed by atoms with Gasteiger partial charge in [-0.3, -0.25) is 9.78 Å². The van der Waals surface area contributed by atoms with Crippen molar-refractivity contribution in [3.63, 3.8) is 0 Å². The van der Waals surface area contributed by atoms with Crippen molar-refractivity contribution in [2.45, 2.75) is 49.5 Å². The SMILES string of the molecule is C[C@H](c1ccc(F)cc1)C1(C(N)=O)CCC(NS(=O)(=O)c2ccc3ncccc3c2)CC1. The Morgan fingerprint density at radius 1 is 1.16 bits per heavy atom. The van der Waals surface area contributed by atoms with Crippen LogP contribution in [0.25, 0.3) is 10.9 Å². The number of halogens is 1. The third-order valence-corrected chi connectivity index (χ3v) is 8.29. The van der Waals surface area contributed by atoms with Gasteiger partial charge in [-0.25, -0.2) is 17.5 Å². The van der Waals surface area contributed by atoms with Crippen LogP contribution in [0, 0.1) is 11.2 Å². The van der Waals surface area contributed by atoms with E-state index < -0.39 is 21.3 Å². The van der Waals surface area contributed by atoms with Crippen LogP contribution >= 0.6 is 0 Å². The second kappa shape index (κ2) is 8.60. The Kier molecular flexibility index (Phi) is 6.01. The number of carbonyl (C=O) groups is 1. The van der Waals surface area contributed by atoms with E-state index in [0.29, 0.717) is 25.7 Å². The lowest BCUT2D eigenvalue weighted by atomic mass is 9.63. The first-order valence-corrected chi connectivity index (χ1v) is 12.1. The van der Waals surface area contributed by atoms with Crippen molar-refractivity contribution in [1.82, 2.24) is 9.71 Å². The van der Waals surface area contributed by atoms with Crippen LogP contribution in [-0.2, 0) is 14.8 Å². The number of benzene rings is 2. The summed E-state index contributed by atoms with van der Waals surface area (Å²) in [5, 5.41) is 0.750. The molecule has 0 saturated heterocycles. The number of aromatic nitrogens is 1. The lowest BCUT2D eigenvalue weighted by Crippen LogP contribution is -2.48. The molecule has 0 bridgehead atoms. The van der Waals surface area contributed by atoms with Crippen LogP contribution < -0.4 is 10.5 Å². The fourth-order valence-electron chi connectivity index (χ4n) is 4.72. The molecule has 1 atom stereocenters. The van der Waals surface area contributed by atoms with Gasteiger partial charge < -0.3 is 5.73 Å². The molecule has 1 saturated carbocycles. The summed E-state index contributed by atoms with van der Waals surface area (Å²) in [5.41, 5.74) is 6.60. The number of primary amides is 1. The number of rotatable bonds is 6. The second-order valence-corrected chi connectivity index (χ2v) is 10.3. The maximum absolute atomic E-state index is 13.3. The van der Waals surface area contributed by atoms with E-state index >= 15 is 0 Å². The first-order valence-electron chi connectivity index (χ1n) is 10.6. The van der Waals surface area contributed by atoms with Gasteiger partial charge in [-0.15, -0.1) is 0 Å². The predicted octanol–water partition coefficient (Wildman–Crippen LogP) is 3.87. The molecule has 168 valence electrons. The molecule has 1 amide bonds. The molecule has 0 unspecified atom stereocenters. The highest BCUT2D eigenvalue weighted by Gasteiger charge is 2.45. The van der Waals surface area contributed by atoms with E-state index in [9.17, 15) is 17.6 Å². The zero-order valence-corrected chi connectivity index (χ0v) is 18.6. The van der Waals surface area contributed by atoms with Crippen molar-refractivity contribution in [2.24, 2.45) is 11.1 Å². The van der Waals surface area contributed by atoms with Crippen molar-refractivity contribution < 1.29 is 17.6 Å². The molecule has 3 aromatic rings. The molecule has 32 heavy (non-hydrogen) atoms. The molecule has 0 spiro atoms. The number of hydrogen-bond donors (Lipinski definition) is 2. The van der Waals surface area contributed by atoms with Crippen molar-refractivity contribution >= 4 is 26.8 Å². The monoisotopic (exact) mass is 455 g/mol. The maximum atomic E-state index is 13.3. The van der Waals surface area contributed by atoms with E-state index in [1.807, 2.05) is 13.0 Å². The van der Waals surface area contributed by atoms with E-state index in [0.717, 1.165) is 16.5 Å². The van der Waals surface area contributed by atoms with Gasteiger partial charge in [0.2, 0.25) is 15.9 Å². The molecule has 1 fully saturated rings. The van der Waals surface area contributed by atoms with Gasteiger partial charge in [0.15, 0.2) is 0 Å². The molecule has 6 nitrogen and oxygen atoms in total. The molecule has 1 aliphatic rings. The summed E-state index contributed by atoms with van der Waals surface area (Å²) in [6.07, 6.45) is 3.55. The number of nitrogens with two attached hydrogens (primary N) is 1. The minimum atomic E-state index is -3.72. The Morgan fingerprint density at radius 3 is 2.50 bits per heavy atom. The molecule has 0 aliphatic heterocycles. The number of fused-ring (bicyclic) bond motifs is 1. The van der Waals surface area contributed by atoms with Gasteiger partial charge in [0, 0.05) is 17.6 Å². The molecule has 4 rings (SSSR count). The van der Waals surface area contributed by atoms with Crippen LogP contribution in [0.15, 0.2) is 65.7 Å². The molecular weight excluding hydrogens is 429 g/mol. The van der Waals surface area contributed by atoms with E-state index in [1.54, 1.807) is 42.6 Å². The normalized spacial score (nSPS) is 22.5. The van der Waals surface area contributed by atoms with E-state index in [4.69, 9.17) is 5.73 Å². The first kappa shape index (κ1) is 22.4. The maximum Gasteiger partial charge on any atom is 0.240 e. The number of nitrogens with zero attached hydrogens (tertiary/aromatic N) is 1. The van der Waals surface area contributed by atoms with Gasteiger partial charge in [0.25, 0.3) is 0 Å². The zero-order chi connectivity index (χ0) is 22.9. The summed E-state index contributed by atoms with van der Waals surface area (Å²) in [6, 6.07) is 14.2. The van der Waals surface area contributed by atoms with Crippen LogP contribution in [-0.4, -0.2) is 25.4 Å². The molecule has 3 N–H and O–H groups in total. The Bertz CT molecular complexity index is 1240. The third kappa shape index (κ3) is 4.25. The van der Waals surface area contributed by atoms with Gasteiger partial charge in [-0.1, -0.05) is 25.1 Å². The fraction of sp³-hybridized carbons (Fsp3) is 0.333. The highest BCUT2D eigenvalue weighted by atomic mass is 32.2. The van der Waals surface area contributed by atoms with Crippen molar-refractivity contribution in [3.8, 4) is 0 Å². The van der Waals surface area contributed by atoms with Crippen LogP contribution in [0.4, 0.5) is 4.39 Å². The van der Waals surface area contributed by atoms with Gasteiger partial charge in [-0.2, -0.15) is 0 Å². The highest BCUT2D eigenvalue weighted by molar-refractivity contribution is 7.89. The Balaban J connectivity index is 1.49. The fourth-order valence-corrected chi connectivity index (χ4v) is 6.06. The lowest BCUT2D eigenvalue weighted by Gasteiger charge is -2.42. The van der Waals surface area contributed by atoms with Crippen molar-refractivity contribution in [1.29, 1.82) is 0 Å². The van der Waals surface area contributed by atoms with Crippen molar-refractivity contribution in [2.75, 3.05) is 0 Å². The number of pyridine rings is 1. The second-order valence-electron chi connectivity index (χ2n) is 8.55. The lowest BCUT2D eigenvalue weighted by molar-refractivity contribution is -0.131. The average molecular weight is 456 g/mol. The number of sulfonamides is 1. The standard InChI is InChI=1S/C24H26FN3O3S/c1-16(17-4-6-19(25)7-5-17)24(23(26)29)12-10-20(11-13-24)28-32(30,31)21-8-9-22-18(15-21)3-2-14-27-22/h2-9,14-16,20,28H,10-13H2,1H3,(H2,26,29)/t16-,20?,24?/m1/s1. The summed E-state index contributed by atoms with van der Waals surface area (Å²) >= 11 is 0. The van der Waals surface area contributed by atoms with E-state index in [2.05, 4.69) is 9.71 Å². The van der Waals surface area contributed by atoms with Crippen LogP contribution in [0.1, 0.15) is 44.1 Å². The Labute approximate surface area is 187 Å². The number of nitrogens with one attached hydrogen (secondary N) is 1. The molecule has 1 heterocycles. The molecule has 8 heteroatoms. The van der Waals surface area contributed by atoms with Gasteiger partial charge in [-0.05, 0) is 73.6 Å². The predicted molar refractivity (Wildman–Crippen MR) is 121 cm³/mol. The van der Waals surface area contributed by atoms with Gasteiger partial charge >= 0.3 is 0 Å². The average Bonchev–Trinajstić information content (AvgIpc) is 2.79. The van der Waals surface area contributed by atoms with Crippen LogP contribution in [0.5, 0.6) is 0 Å². The number of amides is 1. The summed E-state index contributed by atoms with van der Waals surface area (Å²) in [6.45, 7) is 1.92. The highest BCUT2D eigenvalue weighted by Crippen LogP contribution is 2.47.